The third-order valence-corrected chi connectivity index (χ3v) is 2.45. The molecule has 0 aromatic heterocycles. The zero-order valence-corrected chi connectivity index (χ0v) is 10.2. The fourth-order valence-electron chi connectivity index (χ4n) is 1.50. The molecule has 0 saturated carbocycles. The first kappa shape index (κ1) is 13.3. The van der Waals surface area contributed by atoms with Crippen molar-refractivity contribution in [1.29, 1.82) is 0 Å². The molecule has 2 N–H and O–H groups in total. The van der Waals surface area contributed by atoms with Crippen molar-refractivity contribution >= 4 is 5.97 Å². The second-order valence-corrected chi connectivity index (χ2v) is 3.49. The first-order valence-corrected chi connectivity index (χ1v) is 5.16. The minimum atomic E-state index is -0.455. The molecule has 0 aliphatic rings. The van der Waals surface area contributed by atoms with Crippen LogP contribution in [0.15, 0.2) is 18.2 Å². The molecular formula is C12H17NO4. The Kier molecular flexibility index (Phi) is 4.78. The molecule has 0 bridgehead atoms. The molecular weight excluding hydrogens is 222 g/mol. The van der Waals surface area contributed by atoms with Crippen LogP contribution in [0.1, 0.15) is 18.0 Å². The highest BCUT2D eigenvalue weighted by Crippen LogP contribution is 2.29. The van der Waals surface area contributed by atoms with Gasteiger partial charge in [0, 0.05) is 17.7 Å². The summed E-state index contributed by atoms with van der Waals surface area (Å²) in [6.07, 6.45) is 0.110. The van der Waals surface area contributed by atoms with Gasteiger partial charge in [0.05, 0.1) is 27.8 Å². The number of rotatable bonds is 5. The molecule has 0 radical (unpaired) electrons. The molecule has 0 heterocycles. The highest BCUT2D eigenvalue weighted by Gasteiger charge is 2.16. The average Bonchev–Trinajstić information content (AvgIpc) is 2.37. The summed E-state index contributed by atoms with van der Waals surface area (Å²) in [5, 5.41) is 0. The van der Waals surface area contributed by atoms with Crippen LogP contribution in [0, 0.1) is 0 Å². The second-order valence-electron chi connectivity index (χ2n) is 3.49. The van der Waals surface area contributed by atoms with Gasteiger partial charge >= 0.3 is 5.97 Å². The van der Waals surface area contributed by atoms with E-state index in [0.29, 0.717) is 11.5 Å². The maximum absolute atomic E-state index is 11.2. The largest absolute Gasteiger partial charge is 0.497 e. The zero-order valence-electron chi connectivity index (χ0n) is 10.2. The molecule has 94 valence electrons. The van der Waals surface area contributed by atoms with E-state index in [1.54, 1.807) is 32.4 Å². The van der Waals surface area contributed by atoms with Gasteiger partial charge in [0.15, 0.2) is 0 Å². The summed E-state index contributed by atoms with van der Waals surface area (Å²) < 4.78 is 14.9. The molecule has 0 spiro atoms. The van der Waals surface area contributed by atoms with Crippen LogP contribution in [-0.2, 0) is 9.53 Å². The van der Waals surface area contributed by atoms with Gasteiger partial charge in [0.1, 0.15) is 11.5 Å². The average molecular weight is 239 g/mol. The van der Waals surface area contributed by atoms with E-state index in [0.717, 1.165) is 5.56 Å². The molecule has 5 heteroatoms. The number of carbonyl (C=O) groups excluding carboxylic acids is 1. The molecule has 1 rings (SSSR count). The second kappa shape index (κ2) is 6.10. The summed E-state index contributed by atoms with van der Waals surface area (Å²) in [6.45, 7) is 0. The minimum absolute atomic E-state index is 0.110. The van der Waals surface area contributed by atoms with Crippen LogP contribution in [0.4, 0.5) is 0 Å². The van der Waals surface area contributed by atoms with Gasteiger partial charge in [-0.1, -0.05) is 6.07 Å². The van der Waals surface area contributed by atoms with Crippen molar-refractivity contribution in [2.45, 2.75) is 12.5 Å². The van der Waals surface area contributed by atoms with E-state index in [9.17, 15) is 4.79 Å². The standard InChI is InChI=1S/C12H17NO4/c1-15-8-4-5-9(11(6-8)16-2)10(13)7-12(14)17-3/h4-6,10H,7,13H2,1-3H3. The van der Waals surface area contributed by atoms with Gasteiger partial charge in [0.2, 0.25) is 0 Å². The van der Waals surface area contributed by atoms with E-state index >= 15 is 0 Å². The number of benzene rings is 1. The topological polar surface area (TPSA) is 70.8 Å². The van der Waals surface area contributed by atoms with Crippen molar-refractivity contribution in [2.24, 2.45) is 5.73 Å². The highest BCUT2D eigenvalue weighted by molar-refractivity contribution is 5.70. The van der Waals surface area contributed by atoms with E-state index < -0.39 is 6.04 Å². The van der Waals surface area contributed by atoms with Crippen molar-refractivity contribution in [3.8, 4) is 11.5 Å². The van der Waals surface area contributed by atoms with Crippen molar-refractivity contribution in [2.75, 3.05) is 21.3 Å². The van der Waals surface area contributed by atoms with Gasteiger partial charge in [-0.05, 0) is 6.07 Å². The predicted octanol–water partition coefficient (Wildman–Crippen LogP) is 1.27. The summed E-state index contributed by atoms with van der Waals surface area (Å²) >= 11 is 0. The Labute approximate surface area is 100 Å². The van der Waals surface area contributed by atoms with Gasteiger partial charge in [-0.3, -0.25) is 4.79 Å². The molecule has 1 aromatic carbocycles. The van der Waals surface area contributed by atoms with Crippen molar-refractivity contribution in [3.05, 3.63) is 23.8 Å². The Bertz CT molecular complexity index is 392. The van der Waals surface area contributed by atoms with Crippen molar-refractivity contribution in [1.82, 2.24) is 0 Å². The van der Waals surface area contributed by atoms with Gasteiger partial charge in [-0.15, -0.1) is 0 Å². The SMILES string of the molecule is COC(=O)CC(N)c1ccc(OC)cc1OC. The van der Waals surface area contributed by atoms with Gasteiger partial charge in [0.25, 0.3) is 0 Å². The molecule has 0 saturated heterocycles. The number of esters is 1. The number of methoxy groups -OCH3 is 3. The lowest BCUT2D eigenvalue weighted by Crippen LogP contribution is -2.17. The van der Waals surface area contributed by atoms with Crippen LogP contribution < -0.4 is 15.2 Å². The van der Waals surface area contributed by atoms with Crippen molar-refractivity contribution < 1.29 is 19.0 Å². The summed E-state index contributed by atoms with van der Waals surface area (Å²) in [4.78, 5) is 11.2. The Morgan fingerprint density at radius 3 is 2.53 bits per heavy atom. The van der Waals surface area contributed by atoms with E-state index in [1.807, 2.05) is 0 Å². The number of hydrogen-bond acceptors (Lipinski definition) is 5. The van der Waals surface area contributed by atoms with Gasteiger partial charge < -0.3 is 19.9 Å². The van der Waals surface area contributed by atoms with Gasteiger partial charge in [-0.2, -0.15) is 0 Å². The lowest BCUT2D eigenvalue weighted by molar-refractivity contribution is -0.141. The summed E-state index contributed by atoms with van der Waals surface area (Å²) in [5.74, 6) is 0.923. The van der Waals surface area contributed by atoms with Crippen LogP contribution in [0.5, 0.6) is 11.5 Å². The number of hydrogen-bond donors (Lipinski definition) is 1. The first-order valence-electron chi connectivity index (χ1n) is 5.16. The molecule has 1 unspecified atom stereocenters. The number of nitrogens with two attached hydrogens (primary N) is 1. The highest BCUT2D eigenvalue weighted by atomic mass is 16.5. The molecule has 0 amide bonds. The van der Waals surface area contributed by atoms with E-state index in [2.05, 4.69) is 4.74 Å². The van der Waals surface area contributed by atoms with Crippen LogP contribution in [0.3, 0.4) is 0 Å². The predicted molar refractivity (Wildman–Crippen MR) is 63.1 cm³/mol. The Morgan fingerprint density at radius 2 is 2.00 bits per heavy atom. The third kappa shape index (κ3) is 3.35. The zero-order chi connectivity index (χ0) is 12.8. The minimum Gasteiger partial charge on any atom is -0.497 e. The summed E-state index contributed by atoms with van der Waals surface area (Å²) in [6, 6.07) is 4.83. The number of carbonyl (C=O) groups is 1. The van der Waals surface area contributed by atoms with E-state index in [4.69, 9.17) is 15.2 Å². The molecule has 5 nitrogen and oxygen atoms in total. The lowest BCUT2D eigenvalue weighted by atomic mass is 10.0. The van der Waals surface area contributed by atoms with E-state index in [-0.39, 0.29) is 12.4 Å². The molecule has 1 atom stereocenters. The van der Waals surface area contributed by atoms with Gasteiger partial charge in [-0.25, -0.2) is 0 Å². The van der Waals surface area contributed by atoms with Crippen LogP contribution in [0.25, 0.3) is 0 Å². The fraction of sp³-hybridized carbons (Fsp3) is 0.417. The number of ether oxygens (including phenoxy) is 3. The molecule has 0 aliphatic carbocycles. The maximum Gasteiger partial charge on any atom is 0.307 e. The summed E-state index contributed by atoms with van der Waals surface area (Å²) in [5.41, 5.74) is 6.67. The van der Waals surface area contributed by atoms with E-state index in [1.165, 1.54) is 7.11 Å². The maximum atomic E-state index is 11.2. The monoisotopic (exact) mass is 239 g/mol. The van der Waals surface area contributed by atoms with Crippen LogP contribution >= 0.6 is 0 Å². The molecule has 0 aliphatic heterocycles. The fourth-order valence-corrected chi connectivity index (χ4v) is 1.50. The third-order valence-electron chi connectivity index (χ3n) is 2.45. The molecule has 1 aromatic rings. The van der Waals surface area contributed by atoms with Crippen LogP contribution in [-0.4, -0.2) is 27.3 Å². The Balaban J connectivity index is 2.92. The quantitative estimate of drug-likeness (QED) is 0.783. The smallest absolute Gasteiger partial charge is 0.307 e. The first-order chi connectivity index (χ1) is 8.12. The van der Waals surface area contributed by atoms with Crippen LogP contribution in [0.2, 0.25) is 0 Å². The lowest BCUT2D eigenvalue weighted by Gasteiger charge is -2.15. The Hall–Kier alpha value is -1.75. The Morgan fingerprint density at radius 1 is 1.29 bits per heavy atom. The van der Waals surface area contributed by atoms with Crippen molar-refractivity contribution in [3.63, 3.8) is 0 Å². The summed E-state index contributed by atoms with van der Waals surface area (Å²) in [7, 11) is 4.45. The molecule has 0 fully saturated rings. The molecule has 17 heavy (non-hydrogen) atoms. The normalized spacial score (nSPS) is 11.8.